The van der Waals surface area contributed by atoms with Crippen molar-refractivity contribution in [1.82, 2.24) is 15.1 Å². The summed E-state index contributed by atoms with van der Waals surface area (Å²) in [7, 11) is 1.62. The summed E-state index contributed by atoms with van der Waals surface area (Å²) < 4.78 is 6.62. The number of nitrogens with zero attached hydrogens (tertiary/aromatic N) is 2. The van der Waals surface area contributed by atoms with Gasteiger partial charge in [-0.3, -0.25) is 14.3 Å². The Bertz CT molecular complexity index is 477. The summed E-state index contributed by atoms with van der Waals surface area (Å²) >= 11 is 0. The first kappa shape index (κ1) is 17.2. The van der Waals surface area contributed by atoms with Crippen LogP contribution in [0.2, 0.25) is 0 Å². The molecular weight excluding hydrogens is 272 g/mol. The van der Waals surface area contributed by atoms with Gasteiger partial charge in [0.15, 0.2) is 5.82 Å². The number of hydrogen-bond donors (Lipinski definition) is 2. The predicted octanol–water partition coefficient (Wildman–Crippen LogP) is 1.02. The lowest BCUT2D eigenvalue weighted by Crippen LogP contribution is -2.34. The number of hydrogen-bond acceptors (Lipinski definition) is 4. The maximum absolute atomic E-state index is 11.7. The lowest BCUT2D eigenvalue weighted by molar-refractivity contribution is -0.125. The molecule has 0 bridgehead atoms. The smallest absolute Gasteiger partial charge is 0.244 e. The van der Waals surface area contributed by atoms with Gasteiger partial charge in [0.2, 0.25) is 11.8 Å². The van der Waals surface area contributed by atoms with Gasteiger partial charge < -0.3 is 15.4 Å². The van der Waals surface area contributed by atoms with Crippen molar-refractivity contribution >= 4 is 17.6 Å². The van der Waals surface area contributed by atoms with Gasteiger partial charge in [0.05, 0.1) is 19.7 Å². The molecule has 2 amide bonds. The van der Waals surface area contributed by atoms with E-state index in [-0.39, 0.29) is 23.8 Å². The van der Waals surface area contributed by atoms with Crippen molar-refractivity contribution < 1.29 is 14.3 Å². The largest absolute Gasteiger partial charge is 0.383 e. The second-order valence-electron chi connectivity index (χ2n) is 6.02. The van der Waals surface area contributed by atoms with Crippen LogP contribution < -0.4 is 10.6 Å². The fourth-order valence-corrected chi connectivity index (χ4v) is 1.65. The number of methoxy groups -OCH3 is 1. The number of aromatic nitrogens is 2. The Balaban J connectivity index is 2.33. The van der Waals surface area contributed by atoms with Gasteiger partial charge in [0, 0.05) is 25.8 Å². The molecule has 0 fully saturated rings. The summed E-state index contributed by atoms with van der Waals surface area (Å²) in [5.41, 5.74) is -0.0965. The number of rotatable bonds is 7. The molecule has 118 valence electrons. The molecule has 0 radical (unpaired) electrons. The number of nitrogens with one attached hydrogen (secondary N) is 2. The van der Waals surface area contributed by atoms with Gasteiger partial charge in [-0.2, -0.15) is 5.10 Å². The fourth-order valence-electron chi connectivity index (χ4n) is 1.65. The van der Waals surface area contributed by atoms with Crippen molar-refractivity contribution in [3.63, 3.8) is 0 Å². The van der Waals surface area contributed by atoms with E-state index in [0.717, 1.165) is 0 Å². The van der Waals surface area contributed by atoms with E-state index in [9.17, 15) is 9.59 Å². The van der Waals surface area contributed by atoms with Gasteiger partial charge in [-0.15, -0.1) is 0 Å². The van der Waals surface area contributed by atoms with Crippen LogP contribution in [0.4, 0.5) is 5.82 Å². The normalized spacial score (nSPS) is 11.2. The van der Waals surface area contributed by atoms with E-state index >= 15 is 0 Å². The van der Waals surface area contributed by atoms with Gasteiger partial charge >= 0.3 is 0 Å². The summed E-state index contributed by atoms with van der Waals surface area (Å²) in [6.45, 7) is 7.03. The molecule has 1 aromatic heterocycles. The number of amides is 2. The molecule has 0 atom stereocenters. The first-order chi connectivity index (χ1) is 9.80. The standard InChI is InChI=1S/C14H24N4O3/c1-14(2,3)9-12(19)15-10-13(20)16-11-5-6-18(17-11)7-8-21-4/h5-6H,7-10H2,1-4H3,(H,15,19)(H,16,17,20). The highest BCUT2D eigenvalue weighted by Gasteiger charge is 2.16. The van der Waals surface area contributed by atoms with E-state index < -0.39 is 0 Å². The molecule has 1 heterocycles. The summed E-state index contributed by atoms with van der Waals surface area (Å²) in [5.74, 6) is 0.0266. The molecule has 0 saturated carbocycles. The van der Waals surface area contributed by atoms with Crippen LogP contribution in [0.15, 0.2) is 12.3 Å². The maximum Gasteiger partial charge on any atom is 0.244 e. The minimum Gasteiger partial charge on any atom is -0.383 e. The van der Waals surface area contributed by atoms with Crippen LogP contribution in [0.5, 0.6) is 0 Å². The summed E-state index contributed by atoms with van der Waals surface area (Å²) in [5, 5.41) is 9.39. The Morgan fingerprint density at radius 1 is 1.33 bits per heavy atom. The summed E-state index contributed by atoms with van der Waals surface area (Å²) in [6.07, 6.45) is 2.14. The molecule has 7 nitrogen and oxygen atoms in total. The Labute approximate surface area is 125 Å². The minimum absolute atomic E-state index is 0.0557. The Morgan fingerprint density at radius 2 is 2.05 bits per heavy atom. The van der Waals surface area contributed by atoms with Crippen LogP contribution >= 0.6 is 0 Å². The number of ether oxygens (including phenoxy) is 1. The predicted molar refractivity (Wildman–Crippen MR) is 79.8 cm³/mol. The third-order valence-corrected chi connectivity index (χ3v) is 2.57. The number of carbonyl (C=O) groups is 2. The van der Waals surface area contributed by atoms with Gasteiger partial charge in [-0.05, 0) is 5.41 Å². The van der Waals surface area contributed by atoms with Crippen molar-refractivity contribution in [2.45, 2.75) is 33.7 Å². The van der Waals surface area contributed by atoms with E-state index in [4.69, 9.17) is 4.74 Å². The SMILES string of the molecule is COCCn1ccc(NC(=O)CNC(=O)CC(C)(C)C)n1. The van der Waals surface area contributed by atoms with E-state index in [2.05, 4.69) is 15.7 Å². The molecule has 0 aliphatic carbocycles. The Hall–Kier alpha value is -1.89. The van der Waals surface area contributed by atoms with Crippen LogP contribution in [-0.4, -0.2) is 41.9 Å². The zero-order chi connectivity index (χ0) is 15.9. The Kier molecular flexibility index (Phi) is 6.36. The van der Waals surface area contributed by atoms with E-state index in [1.54, 1.807) is 24.1 Å². The average Bonchev–Trinajstić information content (AvgIpc) is 2.79. The molecule has 0 unspecified atom stereocenters. The summed E-state index contributed by atoms with van der Waals surface area (Å²) in [6, 6.07) is 1.70. The van der Waals surface area contributed by atoms with Crippen molar-refractivity contribution in [2.75, 3.05) is 25.6 Å². The quantitative estimate of drug-likeness (QED) is 0.786. The molecule has 0 saturated heterocycles. The fraction of sp³-hybridized carbons (Fsp3) is 0.643. The van der Waals surface area contributed by atoms with Crippen LogP contribution in [-0.2, 0) is 20.9 Å². The van der Waals surface area contributed by atoms with E-state index in [0.29, 0.717) is 25.4 Å². The molecule has 0 aliphatic heterocycles. The topological polar surface area (TPSA) is 85.2 Å². The molecule has 1 aromatic rings. The zero-order valence-electron chi connectivity index (χ0n) is 13.1. The second kappa shape index (κ2) is 7.78. The van der Waals surface area contributed by atoms with Gasteiger partial charge in [0.25, 0.3) is 0 Å². The molecule has 0 aromatic carbocycles. The third-order valence-electron chi connectivity index (χ3n) is 2.57. The summed E-state index contributed by atoms with van der Waals surface area (Å²) in [4.78, 5) is 23.3. The highest BCUT2D eigenvalue weighted by Crippen LogP contribution is 2.17. The van der Waals surface area contributed by atoms with Gasteiger partial charge in [0.1, 0.15) is 0 Å². The van der Waals surface area contributed by atoms with E-state index in [1.807, 2.05) is 20.8 Å². The molecule has 7 heteroatoms. The van der Waals surface area contributed by atoms with Crippen LogP contribution in [0.1, 0.15) is 27.2 Å². The van der Waals surface area contributed by atoms with Crippen LogP contribution in [0.25, 0.3) is 0 Å². The average molecular weight is 296 g/mol. The molecule has 21 heavy (non-hydrogen) atoms. The monoisotopic (exact) mass is 296 g/mol. The molecule has 0 spiro atoms. The number of anilines is 1. The first-order valence-corrected chi connectivity index (χ1v) is 6.89. The number of carbonyl (C=O) groups excluding carboxylic acids is 2. The molecular formula is C14H24N4O3. The lowest BCUT2D eigenvalue weighted by atomic mass is 9.92. The van der Waals surface area contributed by atoms with Crippen LogP contribution in [0, 0.1) is 5.41 Å². The third kappa shape index (κ3) is 7.45. The Morgan fingerprint density at radius 3 is 2.67 bits per heavy atom. The minimum atomic E-state index is -0.297. The maximum atomic E-state index is 11.7. The molecule has 2 N–H and O–H groups in total. The second-order valence-corrected chi connectivity index (χ2v) is 6.02. The molecule has 0 aliphatic rings. The van der Waals surface area contributed by atoms with E-state index in [1.165, 1.54) is 0 Å². The lowest BCUT2D eigenvalue weighted by Gasteiger charge is -2.16. The zero-order valence-corrected chi connectivity index (χ0v) is 13.1. The first-order valence-electron chi connectivity index (χ1n) is 6.89. The van der Waals surface area contributed by atoms with Crippen LogP contribution in [0.3, 0.4) is 0 Å². The van der Waals surface area contributed by atoms with Crippen molar-refractivity contribution in [2.24, 2.45) is 5.41 Å². The van der Waals surface area contributed by atoms with Gasteiger partial charge in [-0.1, -0.05) is 20.8 Å². The van der Waals surface area contributed by atoms with Crippen molar-refractivity contribution in [3.8, 4) is 0 Å². The molecule has 1 rings (SSSR count). The van der Waals surface area contributed by atoms with Crippen molar-refractivity contribution in [3.05, 3.63) is 12.3 Å². The highest BCUT2D eigenvalue weighted by molar-refractivity contribution is 5.93. The van der Waals surface area contributed by atoms with Gasteiger partial charge in [-0.25, -0.2) is 0 Å². The van der Waals surface area contributed by atoms with Crippen molar-refractivity contribution in [1.29, 1.82) is 0 Å². The highest BCUT2D eigenvalue weighted by atomic mass is 16.5.